The van der Waals surface area contributed by atoms with Gasteiger partial charge in [0.05, 0.1) is 12.2 Å². The molecule has 0 aliphatic heterocycles. The molecule has 1 rings (SSSR count). The van der Waals surface area contributed by atoms with Crippen molar-refractivity contribution in [3.63, 3.8) is 0 Å². The van der Waals surface area contributed by atoms with Crippen molar-refractivity contribution in [2.24, 2.45) is 0 Å². The van der Waals surface area contributed by atoms with E-state index in [4.69, 9.17) is 26.8 Å². The lowest BCUT2D eigenvalue weighted by molar-refractivity contribution is -0.124. The molecular weight excluding hydrogens is 272 g/mol. The summed E-state index contributed by atoms with van der Waals surface area (Å²) in [6, 6.07) is 4.36. The summed E-state index contributed by atoms with van der Waals surface area (Å²) >= 11 is 5.76. The minimum absolute atomic E-state index is 0.203. The van der Waals surface area contributed by atoms with Gasteiger partial charge < -0.3 is 20.5 Å². The van der Waals surface area contributed by atoms with Crippen molar-refractivity contribution in [1.29, 1.82) is 0 Å². The molecule has 1 amide bonds. The van der Waals surface area contributed by atoms with E-state index in [1.807, 2.05) is 0 Å². The Bertz CT molecular complexity index is 445. The van der Waals surface area contributed by atoms with Crippen molar-refractivity contribution < 1.29 is 19.1 Å². The first-order chi connectivity index (χ1) is 9.02. The summed E-state index contributed by atoms with van der Waals surface area (Å²) in [5.74, 6) is -1.06. The van der Waals surface area contributed by atoms with Crippen molar-refractivity contribution in [1.82, 2.24) is 5.32 Å². The molecule has 3 N–H and O–H groups in total. The first kappa shape index (κ1) is 15.3. The molecule has 0 radical (unpaired) electrons. The highest BCUT2D eigenvalue weighted by Crippen LogP contribution is 2.17. The third-order valence-corrected chi connectivity index (χ3v) is 2.34. The quantitative estimate of drug-likeness (QED) is 0.459. The Labute approximate surface area is 115 Å². The minimum atomic E-state index is -0.656. The summed E-state index contributed by atoms with van der Waals surface area (Å²) in [7, 11) is 1.52. The largest absolute Gasteiger partial charge is 0.452 e. The molecule has 1 aromatic rings. The van der Waals surface area contributed by atoms with Gasteiger partial charge >= 0.3 is 5.97 Å². The number of nitrogens with two attached hydrogens (primary N) is 1. The topological polar surface area (TPSA) is 90.6 Å². The van der Waals surface area contributed by atoms with Gasteiger partial charge in [-0.05, 0) is 18.2 Å². The number of anilines is 1. The van der Waals surface area contributed by atoms with E-state index in [0.29, 0.717) is 23.9 Å². The molecule has 0 aromatic heterocycles. The second-order valence-corrected chi connectivity index (χ2v) is 4.13. The van der Waals surface area contributed by atoms with E-state index in [1.54, 1.807) is 0 Å². The van der Waals surface area contributed by atoms with E-state index in [-0.39, 0.29) is 12.2 Å². The molecular formula is C12H15ClN2O4. The average Bonchev–Trinajstić information content (AvgIpc) is 2.35. The Hall–Kier alpha value is -1.79. The lowest BCUT2D eigenvalue weighted by Crippen LogP contribution is -2.31. The average molecular weight is 287 g/mol. The molecule has 19 heavy (non-hydrogen) atoms. The Kier molecular flexibility index (Phi) is 6.11. The number of amides is 1. The van der Waals surface area contributed by atoms with Crippen LogP contribution in [0.4, 0.5) is 5.69 Å². The third-order valence-electron chi connectivity index (χ3n) is 2.12. The number of ether oxygens (including phenoxy) is 2. The van der Waals surface area contributed by atoms with Gasteiger partial charge in [-0.25, -0.2) is 4.79 Å². The minimum Gasteiger partial charge on any atom is -0.452 e. The number of rotatable bonds is 6. The molecule has 0 unspecified atom stereocenters. The van der Waals surface area contributed by atoms with Gasteiger partial charge in [-0.1, -0.05) is 11.6 Å². The Morgan fingerprint density at radius 1 is 1.37 bits per heavy atom. The van der Waals surface area contributed by atoms with Crippen molar-refractivity contribution in [2.75, 3.05) is 32.6 Å². The summed E-state index contributed by atoms with van der Waals surface area (Å²) in [5.41, 5.74) is 6.10. The number of carbonyl (C=O) groups excluding carboxylic acids is 2. The zero-order valence-corrected chi connectivity index (χ0v) is 11.2. The fourth-order valence-corrected chi connectivity index (χ4v) is 1.53. The number of nitrogen functional groups attached to an aromatic ring is 1. The number of hydrogen-bond acceptors (Lipinski definition) is 5. The Balaban J connectivity index is 2.44. The van der Waals surface area contributed by atoms with E-state index in [9.17, 15) is 9.59 Å². The van der Waals surface area contributed by atoms with Gasteiger partial charge in [-0.2, -0.15) is 0 Å². The predicted molar refractivity (Wildman–Crippen MR) is 71.0 cm³/mol. The van der Waals surface area contributed by atoms with Crippen LogP contribution >= 0.6 is 11.6 Å². The molecule has 0 aliphatic carbocycles. The monoisotopic (exact) mass is 286 g/mol. The van der Waals surface area contributed by atoms with Crippen molar-refractivity contribution in [3.05, 3.63) is 28.8 Å². The molecule has 104 valence electrons. The fraction of sp³-hybridized carbons (Fsp3) is 0.333. The van der Waals surface area contributed by atoms with Gasteiger partial charge in [-0.3, -0.25) is 4.79 Å². The number of benzene rings is 1. The van der Waals surface area contributed by atoms with E-state index < -0.39 is 11.9 Å². The molecule has 0 saturated carbocycles. The second-order valence-electron chi connectivity index (χ2n) is 3.69. The molecule has 1 aromatic carbocycles. The number of nitrogens with one attached hydrogen (secondary N) is 1. The van der Waals surface area contributed by atoms with E-state index >= 15 is 0 Å². The summed E-state index contributed by atoms with van der Waals surface area (Å²) in [6.07, 6.45) is 0. The smallest absolute Gasteiger partial charge is 0.338 e. The van der Waals surface area contributed by atoms with Crippen LogP contribution in [0.2, 0.25) is 5.02 Å². The zero-order chi connectivity index (χ0) is 14.3. The van der Waals surface area contributed by atoms with Crippen LogP contribution in [0.5, 0.6) is 0 Å². The van der Waals surface area contributed by atoms with Crippen molar-refractivity contribution in [2.45, 2.75) is 0 Å². The maximum atomic E-state index is 11.6. The molecule has 7 heteroatoms. The maximum Gasteiger partial charge on any atom is 0.338 e. The summed E-state index contributed by atoms with van der Waals surface area (Å²) in [5, 5.41) is 2.85. The first-order valence-corrected chi connectivity index (χ1v) is 5.89. The second kappa shape index (κ2) is 7.60. The third kappa shape index (κ3) is 5.58. The van der Waals surface area contributed by atoms with Gasteiger partial charge in [0.25, 0.3) is 5.91 Å². The summed E-state index contributed by atoms with van der Waals surface area (Å²) in [4.78, 5) is 22.9. The van der Waals surface area contributed by atoms with Crippen LogP contribution in [0.3, 0.4) is 0 Å². The van der Waals surface area contributed by atoms with Gasteiger partial charge in [0, 0.05) is 24.4 Å². The highest BCUT2D eigenvalue weighted by atomic mass is 35.5. The molecule has 0 aliphatic rings. The zero-order valence-electron chi connectivity index (χ0n) is 10.4. The fourth-order valence-electron chi connectivity index (χ4n) is 1.29. The van der Waals surface area contributed by atoms with Gasteiger partial charge in [0.2, 0.25) is 0 Å². The van der Waals surface area contributed by atoms with Crippen LogP contribution in [-0.2, 0) is 14.3 Å². The Morgan fingerprint density at radius 3 is 2.74 bits per heavy atom. The SMILES string of the molecule is COCCNC(=O)COC(=O)c1cc(N)cc(Cl)c1. The maximum absolute atomic E-state index is 11.6. The van der Waals surface area contributed by atoms with E-state index in [1.165, 1.54) is 25.3 Å². The summed E-state index contributed by atoms with van der Waals surface area (Å²) in [6.45, 7) is 0.385. The standard InChI is InChI=1S/C12H15ClN2O4/c1-18-3-2-15-11(16)7-19-12(17)8-4-9(13)6-10(14)5-8/h4-6H,2-3,7,14H2,1H3,(H,15,16). The van der Waals surface area contributed by atoms with Crippen molar-refractivity contribution in [3.8, 4) is 0 Å². The Morgan fingerprint density at radius 2 is 2.11 bits per heavy atom. The predicted octanol–water partition coefficient (Wildman–Crippen LogP) is 0.842. The number of hydrogen-bond donors (Lipinski definition) is 2. The molecule has 0 bridgehead atoms. The van der Waals surface area contributed by atoms with Crippen LogP contribution < -0.4 is 11.1 Å². The lowest BCUT2D eigenvalue weighted by Gasteiger charge is -2.07. The molecule has 0 heterocycles. The van der Waals surface area contributed by atoms with Crippen LogP contribution in [0.25, 0.3) is 0 Å². The lowest BCUT2D eigenvalue weighted by atomic mass is 10.2. The van der Waals surface area contributed by atoms with Crippen LogP contribution in [0, 0.1) is 0 Å². The summed E-state index contributed by atoms with van der Waals surface area (Å²) < 4.78 is 9.59. The van der Waals surface area contributed by atoms with Crippen LogP contribution in [0.1, 0.15) is 10.4 Å². The van der Waals surface area contributed by atoms with Gasteiger partial charge in [-0.15, -0.1) is 0 Å². The number of halogens is 1. The molecule has 0 fully saturated rings. The first-order valence-electron chi connectivity index (χ1n) is 5.51. The van der Waals surface area contributed by atoms with Crippen molar-refractivity contribution >= 4 is 29.2 Å². The van der Waals surface area contributed by atoms with Crippen LogP contribution in [0.15, 0.2) is 18.2 Å². The van der Waals surface area contributed by atoms with Gasteiger partial charge in [0.15, 0.2) is 6.61 Å². The van der Waals surface area contributed by atoms with Gasteiger partial charge in [0.1, 0.15) is 0 Å². The number of esters is 1. The van der Waals surface area contributed by atoms with E-state index in [0.717, 1.165) is 0 Å². The molecule has 0 saturated heterocycles. The normalized spacial score (nSPS) is 10.0. The highest BCUT2D eigenvalue weighted by Gasteiger charge is 2.11. The molecule has 0 spiro atoms. The molecule has 0 atom stereocenters. The number of methoxy groups -OCH3 is 1. The molecule has 6 nitrogen and oxygen atoms in total. The van der Waals surface area contributed by atoms with E-state index in [2.05, 4.69) is 5.32 Å². The highest BCUT2D eigenvalue weighted by molar-refractivity contribution is 6.31. The van der Waals surface area contributed by atoms with Crippen LogP contribution in [-0.4, -0.2) is 38.7 Å². The number of carbonyl (C=O) groups is 2.